The van der Waals surface area contributed by atoms with Crippen molar-refractivity contribution in [3.8, 4) is 0 Å². The topological polar surface area (TPSA) is 70.7 Å². The number of H-pyrrole nitrogens is 1. The lowest BCUT2D eigenvalue weighted by molar-refractivity contribution is -0.118. The Kier molecular flexibility index (Phi) is 4.61. The smallest absolute Gasteiger partial charge is 0.230 e. The molecule has 2 N–H and O–H groups in total. The highest BCUT2D eigenvalue weighted by Crippen LogP contribution is 2.10. The SMILES string of the molecule is Cc1nc(SCC(=O)NCC(C)C)n[nH]1. The molecule has 0 aromatic carbocycles. The highest BCUT2D eigenvalue weighted by atomic mass is 32.2. The lowest BCUT2D eigenvalue weighted by atomic mass is 10.2. The van der Waals surface area contributed by atoms with Crippen molar-refractivity contribution < 1.29 is 4.79 Å². The van der Waals surface area contributed by atoms with E-state index >= 15 is 0 Å². The van der Waals surface area contributed by atoms with E-state index in [1.165, 1.54) is 11.8 Å². The van der Waals surface area contributed by atoms with Gasteiger partial charge in [0.15, 0.2) is 0 Å². The van der Waals surface area contributed by atoms with E-state index < -0.39 is 0 Å². The van der Waals surface area contributed by atoms with E-state index in [9.17, 15) is 4.79 Å². The Bertz CT molecular complexity index is 324. The average molecular weight is 228 g/mol. The Labute approximate surface area is 93.4 Å². The Morgan fingerprint density at radius 2 is 2.33 bits per heavy atom. The number of hydrogen-bond donors (Lipinski definition) is 2. The van der Waals surface area contributed by atoms with Crippen LogP contribution in [-0.4, -0.2) is 33.4 Å². The van der Waals surface area contributed by atoms with Crippen molar-refractivity contribution >= 4 is 17.7 Å². The molecule has 0 aliphatic heterocycles. The number of carbonyl (C=O) groups excluding carboxylic acids is 1. The summed E-state index contributed by atoms with van der Waals surface area (Å²) in [4.78, 5) is 15.4. The Morgan fingerprint density at radius 1 is 1.60 bits per heavy atom. The van der Waals surface area contributed by atoms with Crippen molar-refractivity contribution in [1.82, 2.24) is 20.5 Å². The van der Waals surface area contributed by atoms with Crippen molar-refractivity contribution in [1.29, 1.82) is 0 Å². The molecule has 1 aromatic heterocycles. The van der Waals surface area contributed by atoms with Crippen molar-refractivity contribution in [2.75, 3.05) is 12.3 Å². The predicted octanol–water partition coefficient (Wildman–Crippen LogP) is 0.977. The van der Waals surface area contributed by atoms with Gasteiger partial charge in [-0.2, -0.15) is 0 Å². The second-order valence-corrected chi connectivity index (χ2v) is 4.63. The van der Waals surface area contributed by atoms with Gasteiger partial charge in [0.05, 0.1) is 5.75 Å². The average Bonchev–Trinajstić information content (AvgIpc) is 2.58. The molecule has 0 radical (unpaired) electrons. The first-order valence-corrected chi connectivity index (χ1v) is 5.85. The van der Waals surface area contributed by atoms with E-state index in [1.807, 2.05) is 6.92 Å². The molecule has 0 bridgehead atoms. The van der Waals surface area contributed by atoms with Crippen LogP contribution in [0.4, 0.5) is 0 Å². The molecule has 0 aliphatic carbocycles. The molecule has 0 spiro atoms. The predicted molar refractivity (Wildman–Crippen MR) is 59.7 cm³/mol. The van der Waals surface area contributed by atoms with E-state index in [-0.39, 0.29) is 5.91 Å². The van der Waals surface area contributed by atoms with Crippen LogP contribution >= 0.6 is 11.8 Å². The van der Waals surface area contributed by atoms with Gasteiger partial charge >= 0.3 is 0 Å². The fraction of sp³-hybridized carbons (Fsp3) is 0.667. The largest absolute Gasteiger partial charge is 0.355 e. The number of aromatic nitrogens is 3. The molecule has 5 nitrogen and oxygen atoms in total. The number of amides is 1. The minimum absolute atomic E-state index is 0.0242. The highest BCUT2D eigenvalue weighted by Gasteiger charge is 2.06. The van der Waals surface area contributed by atoms with Gasteiger partial charge in [0.2, 0.25) is 11.1 Å². The summed E-state index contributed by atoms with van der Waals surface area (Å²) >= 11 is 1.34. The first-order valence-electron chi connectivity index (χ1n) is 4.86. The molecule has 84 valence electrons. The molecule has 0 fully saturated rings. The van der Waals surface area contributed by atoms with Crippen LogP contribution in [0.2, 0.25) is 0 Å². The molecule has 1 aromatic rings. The molecule has 1 heterocycles. The van der Waals surface area contributed by atoms with Crippen molar-refractivity contribution in [2.24, 2.45) is 5.92 Å². The minimum atomic E-state index is 0.0242. The number of rotatable bonds is 5. The molecule has 0 saturated carbocycles. The van der Waals surface area contributed by atoms with E-state index in [4.69, 9.17) is 0 Å². The number of aromatic amines is 1. The van der Waals surface area contributed by atoms with Crippen LogP contribution in [0, 0.1) is 12.8 Å². The summed E-state index contributed by atoms with van der Waals surface area (Å²) in [6.07, 6.45) is 0. The van der Waals surface area contributed by atoms with Gasteiger partial charge in [0.25, 0.3) is 0 Å². The number of thioether (sulfide) groups is 1. The monoisotopic (exact) mass is 228 g/mol. The molecule has 6 heteroatoms. The molecule has 0 unspecified atom stereocenters. The Morgan fingerprint density at radius 3 is 2.87 bits per heavy atom. The van der Waals surface area contributed by atoms with Gasteiger partial charge in [-0.1, -0.05) is 25.6 Å². The highest BCUT2D eigenvalue weighted by molar-refractivity contribution is 7.99. The quantitative estimate of drug-likeness (QED) is 0.737. The van der Waals surface area contributed by atoms with E-state index in [2.05, 4.69) is 34.3 Å². The Hall–Kier alpha value is -1.04. The van der Waals surface area contributed by atoms with Gasteiger partial charge in [-0.3, -0.25) is 9.89 Å². The maximum atomic E-state index is 11.3. The number of nitrogens with zero attached hydrogens (tertiary/aromatic N) is 2. The van der Waals surface area contributed by atoms with E-state index in [1.54, 1.807) is 0 Å². The Balaban J connectivity index is 2.22. The van der Waals surface area contributed by atoms with Crippen LogP contribution in [-0.2, 0) is 4.79 Å². The zero-order chi connectivity index (χ0) is 11.3. The number of nitrogens with one attached hydrogen (secondary N) is 2. The molecular weight excluding hydrogens is 212 g/mol. The lowest BCUT2D eigenvalue weighted by Crippen LogP contribution is -2.28. The maximum Gasteiger partial charge on any atom is 0.230 e. The molecule has 0 saturated heterocycles. The van der Waals surface area contributed by atoms with Crippen molar-refractivity contribution in [3.05, 3.63) is 5.82 Å². The first kappa shape index (κ1) is 12.0. The number of hydrogen-bond acceptors (Lipinski definition) is 4. The fourth-order valence-corrected chi connectivity index (χ4v) is 1.56. The molecule has 1 amide bonds. The van der Waals surface area contributed by atoms with Crippen LogP contribution in [0.3, 0.4) is 0 Å². The van der Waals surface area contributed by atoms with Crippen LogP contribution in [0.1, 0.15) is 19.7 Å². The zero-order valence-corrected chi connectivity index (χ0v) is 10.0. The molecule has 0 atom stereocenters. The molecular formula is C9H16N4OS. The van der Waals surface area contributed by atoms with E-state index in [0.717, 1.165) is 5.82 Å². The van der Waals surface area contributed by atoms with Gasteiger partial charge in [-0.05, 0) is 12.8 Å². The summed E-state index contributed by atoms with van der Waals surface area (Å²) in [6, 6.07) is 0. The van der Waals surface area contributed by atoms with Crippen LogP contribution < -0.4 is 5.32 Å². The maximum absolute atomic E-state index is 11.3. The number of aryl methyl sites for hydroxylation is 1. The van der Waals surface area contributed by atoms with Crippen LogP contribution in [0.25, 0.3) is 0 Å². The summed E-state index contributed by atoms with van der Waals surface area (Å²) in [5.74, 6) is 1.63. The first-order chi connectivity index (χ1) is 7.08. The van der Waals surface area contributed by atoms with Gasteiger partial charge in [0, 0.05) is 6.54 Å². The third-order valence-electron chi connectivity index (χ3n) is 1.62. The summed E-state index contributed by atoms with van der Waals surface area (Å²) in [5, 5.41) is 10.1. The molecule has 1 rings (SSSR count). The fourth-order valence-electron chi connectivity index (χ4n) is 0.886. The van der Waals surface area contributed by atoms with Gasteiger partial charge in [-0.15, -0.1) is 5.10 Å². The van der Waals surface area contributed by atoms with Crippen LogP contribution in [0.15, 0.2) is 5.16 Å². The lowest BCUT2D eigenvalue weighted by Gasteiger charge is -2.05. The normalized spacial score (nSPS) is 10.7. The third kappa shape index (κ3) is 4.83. The third-order valence-corrected chi connectivity index (χ3v) is 2.46. The van der Waals surface area contributed by atoms with Crippen molar-refractivity contribution in [2.45, 2.75) is 25.9 Å². The molecule has 15 heavy (non-hydrogen) atoms. The van der Waals surface area contributed by atoms with Crippen LogP contribution in [0.5, 0.6) is 0 Å². The van der Waals surface area contributed by atoms with Crippen molar-refractivity contribution in [3.63, 3.8) is 0 Å². The van der Waals surface area contributed by atoms with Gasteiger partial charge < -0.3 is 5.32 Å². The summed E-state index contributed by atoms with van der Waals surface area (Å²) in [6.45, 7) is 6.67. The summed E-state index contributed by atoms with van der Waals surface area (Å²) in [5.41, 5.74) is 0. The minimum Gasteiger partial charge on any atom is -0.355 e. The standard InChI is InChI=1S/C9H16N4OS/c1-6(2)4-10-8(14)5-15-9-11-7(3)12-13-9/h6H,4-5H2,1-3H3,(H,10,14)(H,11,12,13). The van der Waals surface area contributed by atoms with E-state index in [0.29, 0.717) is 23.4 Å². The zero-order valence-electron chi connectivity index (χ0n) is 9.20. The second kappa shape index (κ2) is 5.75. The molecule has 0 aliphatic rings. The number of carbonyl (C=O) groups is 1. The summed E-state index contributed by atoms with van der Waals surface area (Å²) in [7, 11) is 0. The second-order valence-electron chi connectivity index (χ2n) is 3.69. The summed E-state index contributed by atoms with van der Waals surface area (Å²) < 4.78 is 0. The van der Waals surface area contributed by atoms with Gasteiger partial charge in [0.1, 0.15) is 5.82 Å². The van der Waals surface area contributed by atoms with Gasteiger partial charge in [-0.25, -0.2) is 4.98 Å².